The Bertz CT molecular complexity index is 807. The molecule has 2 aliphatic rings. The first kappa shape index (κ1) is 18.5. The van der Waals surface area contributed by atoms with Gasteiger partial charge in [0.15, 0.2) is 0 Å². The van der Waals surface area contributed by atoms with E-state index in [0.29, 0.717) is 0 Å². The van der Waals surface area contributed by atoms with Crippen LogP contribution in [0.3, 0.4) is 0 Å². The van der Waals surface area contributed by atoms with Gasteiger partial charge < -0.3 is 14.0 Å². The molecule has 0 saturated carbocycles. The number of hydrogen-bond acceptors (Lipinski definition) is 4. The Morgan fingerprint density at radius 3 is 2.30 bits per heavy atom. The molecule has 1 saturated heterocycles. The number of pyridine rings is 1. The summed E-state index contributed by atoms with van der Waals surface area (Å²) in [5.74, 6) is 0.858. The molecule has 0 aliphatic carbocycles. The average molecular weight is 365 g/mol. The molecule has 1 aromatic carbocycles. The van der Waals surface area contributed by atoms with E-state index in [1.807, 2.05) is 24.4 Å². The molecule has 5 heteroatoms. The largest absolute Gasteiger partial charge is 0.484 e. The lowest BCUT2D eigenvalue weighted by Gasteiger charge is -2.39. The lowest BCUT2D eigenvalue weighted by molar-refractivity contribution is 0.00578. The first-order chi connectivity index (χ1) is 12.7. The van der Waals surface area contributed by atoms with Gasteiger partial charge in [-0.2, -0.15) is 0 Å². The van der Waals surface area contributed by atoms with Crippen molar-refractivity contribution in [2.24, 2.45) is 0 Å². The van der Waals surface area contributed by atoms with E-state index in [0.717, 1.165) is 24.2 Å². The lowest BCUT2D eigenvalue weighted by Crippen LogP contribution is -2.41. The average Bonchev–Trinajstić information content (AvgIpc) is 2.81. The number of nitrogens with zero attached hydrogens (tertiary/aromatic N) is 1. The van der Waals surface area contributed by atoms with Crippen molar-refractivity contribution in [1.29, 1.82) is 0 Å². The Morgan fingerprint density at radius 2 is 1.63 bits per heavy atom. The Morgan fingerprint density at radius 1 is 0.963 bits per heavy atom. The molecule has 0 bridgehead atoms. The van der Waals surface area contributed by atoms with Crippen molar-refractivity contribution in [2.75, 3.05) is 0 Å². The molecule has 2 atom stereocenters. The van der Waals surface area contributed by atoms with Crippen molar-refractivity contribution in [3.8, 4) is 5.75 Å². The molecule has 4 rings (SSSR count). The van der Waals surface area contributed by atoms with E-state index in [1.54, 1.807) is 0 Å². The fraction of sp³-hybridized carbons (Fsp3) is 0.500. The molecular weight excluding hydrogens is 337 g/mol. The van der Waals surface area contributed by atoms with Crippen LogP contribution >= 0.6 is 0 Å². The standard InChI is InChI=1S/C22H28BNO3/c1-20(2)21(3,4)27-23(26-20)15-22(5)14-18(16-10-7-6-8-11-16)25-17-12-9-13-24-19(17)22/h6-13,18H,14-15H2,1-5H3/t18-,22-/m1/s1. The van der Waals surface area contributed by atoms with Crippen LogP contribution in [0.25, 0.3) is 0 Å². The predicted octanol–water partition coefficient (Wildman–Crippen LogP) is 4.96. The SMILES string of the molecule is CC1(C)OB(C[C@@]2(C)C[C@H](c3ccccc3)Oc3cccnc32)OC1(C)C. The molecule has 142 valence electrons. The van der Waals surface area contributed by atoms with Gasteiger partial charge in [0, 0.05) is 11.6 Å². The maximum absolute atomic E-state index is 6.32. The second-order valence-corrected chi connectivity index (χ2v) is 9.02. The zero-order valence-electron chi connectivity index (χ0n) is 16.9. The summed E-state index contributed by atoms with van der Waals surface area (Å²) < 4.78 is 18.9. The summed E-state index contributed by atoms with van der Waals surface area (Å²) in [4.78, 5) is 4.68. The molecule has 0 unspecified atom stereocenters. The highest BCUT2D eigenvalue weighted by Crippen LogP contribution is 2.49. The molecule has 4 nitrogen and oxygen atoms in total. The van der Waals surface area contributed by atoms with Crippen LogP contribution in [0.1, 0.15) is 58.4 Å². The van der Waals surface area contributed by atoms with E-state index in [9.17, 15) is 0 Å². The molecule has 0 N–H and O–H groups in total. The maximum atomic E-state index is 6.32. The highest BCUT2D eigenvalue weighted by atomic mass is 16.7. The fourth-order valence-corrected chi connectivity index (χ4v) is 4.09. The molecule has 2 aromatic rings. The molecule has 0 spiro atoms. The van der Waals surface area contributed by atoms with Crippen LogP contribution in [-0.4, -0.2) is 23.3 Å². The zero-order chi connectivity index (χ0) is 19.3. The smallest absolute Gasteiger partial charge is 0.458 e. The summed E-state index contributed by atoms with van der Waals surface area (Å²) in [6.07, 6.45) is 3.42. The normalized spacial score (nSPS) is 28.5. The van der Waals surface area contributed by atoms with Gasteiger partial charge in [0.2, 0.25) is 0 Å². The zero-order valence-corrected chi connectivity index (χ0v) is 16.9. The van der Waals surface area contributed by atoms with Crippen LogP contribution in [0.15, 0.2) is 48.7 Å². The number of fused-ring (bicyclic) bond motifs is 1. The molecule has 0 amide bonds. The van der Waals surface area contributed by atoms with E-state index < -0.39 is 0 Å². The molecule has 0 radical (unpaired) electrons. The summed E-state index contributed by atoms with van der Waals surface area (Å²) in [5, 5.41) is 0. The topological polar surface area (TPSA) is 40.6 Å². The van der Waals surface area contributed by atoms with Crippen molar-refractivity contribution in [3.05, 3.63) is 59.9 Å². The molecule has 3 heterocycles. The Balaban J connectivity index is 1.66. The van der Waals surface area contributed by atoms with Crippen molar-refractivity contribution in [3.63, 3.8) is 0 Å². The second-order valence-electron chi connectivity index (χ2n) is 9.02. The Hall–Kier alpha value is -1.85. The van der Waals surface area contributed by atoms with E-state index in [-0.39, 0.29) is 29.8 Å². The summed E-state index contributed by atoms with van der Waals surface area (Å²) in [6.45, 7) is 10.6. The van der Waals surface area contributed by atoms with Crippen LogP contribution in [0.5, 0.6) is 5.75 Å². The van der Waals surface area contributed by atoms with E-state index in [2.05, 4.69) is 63.9 Å². The van der Waals surface area contributed by atoms with Crippen LogP contribution in [0, 0.1) is 0 Å². The summed E-state index contributed by atoms with van der Waals surface area (Å²) >= 11 is 0. The van der Waals surface area contributed by atoms with Gasteiger partial charge in [0.1, 0.15) is 11.9 Å². The summed E-state index contributed by atoms with van der Waals surface area (Å²) in [6, 6.07) is 14.3. The highest BCUT2D eigenvalue weighted by Gasteiger charge is 2.54. The minimum Gasteiger partial charge on any atom is -0.484 e. The molecule has 27 heavy (non-hydrogen) atoms. The van der Waals surface area contributed by atoms with E-state index in [4.69, 9.17) is 14.0 Å². The Kier molecular flexibility index (Phi) is 4.36. The fourth-order valence-electron chi connectivity index (χ4n) is 4.09. The van der Waals surface area contributed by atoms with Gasteiger partial charge in [0.05, 0.1) is 16.9 Å². The number of hydrogen-bond donors (Lipinski definition) is 0. The first-order valence-electron chi connectivity index (χ1n) is 9.73. The van der Waals surface area contributed by atoms with Gasteiger partial charge in [-0.05, 0) is 58.1 Å². The summed E-state index contributed by atoms with van der Waals surface area (Å²) in [7, 11) is -0.260. The van der Waals surface area contributed by atoms with Gasteiger partial charge >= 0.3 is 7.12 Å². The number of rotatable bonds is 3. The van der Waals surface area contributed by atoms with Gasteiger partial charge in [0.25, 0.3) is 0 Å². The van der Waals surface area contributed by atoms with E-state index in [1.165, 1.54) is 5.56 Å². The van der Waals surface area contributed by atoms with Gasteiger partial charge in [-0.3, -0.25) is 4.98 Å². The van der Waals surface area contributed by atoms with E-state index >= 15 is 0 Å². The number of benzene rings is 1. The molecule has 2 aliphatic heterocycles. The van der Waals surface area contributed by atoms with Crippen LogP contribution in [0.4, 0.5) is 0 Å². The van der Waals surface area contributed by atoms with Crippen molar-refractivity contribution < 1.29 is 14.0 Å². The van der Waals surface area contributed by atoms with Crippen molar-refractivity contribution >= 4 is 7.12 Å². The molecule has 1 aromatic heterocycles. The third-order valence-corrected chi connectivity index (χ3v) is 6.34. The lowest BCUT2D eigenvalue weighted by atomic mass is 9.63. The molecule has 1 fully saturated rings. The minimum absolute atomic E-state index is 0.00433. The number of ether oxygens (including phenoxy) is 1. The van der Waals surface area contributed by atoms with Gasteiger partial charge in [-0.15, -0.1) is 0 Å². The second kappa shape index (κ2) is 6.35. The number of aromatic nitrogens is 1. The van der Waals surface area contributed by atoms with Crippen LogP contribution in [-0.2, 0) is 14.7 Å². The van der Waals surface area contributed by atoms with Crippen molar-refractivity contribution in [1.82, 2.24) is 4.98 Å². The van der Waals surface area contributed by atoms with Crippen LogP contribution in [0.2, 0.25) is 6.32 Å². The van der Waals surface area contributed by atoms with Gasteiger partial charge in [-0.1, -0.05) is 37.3 Å². The first-order valence-corrected chi connectivity index (χ1v) is 9.73. The van der Waals surface area contributed by atoms with Crippen molar-refractivity contribution in [2.45, 2.75) is 70.1 Å². The third-order valence-electron chi connectivity index (χ3n) is 6.34. The summed E-state index contributed by atoms with van der Waals surface area (Å²) in [5.41, 5.74) is 1.32. The van der Waals surface area contributed by atoms with Crippen LogP contribution < -0.4 is 4.74 Å². The quantitative estimate of drug-likeness (QED) is 0.722. The highest BCUT2D eigenvalue weighted by molar-refractivity contribution is 6.46. The monoisotopic (exact) mass is 365 g/mol. The minimum atomic E-state index is -0.328. The predicted molar refractivity (Wildman–Crippen MR) is 107 cm³/mol. The Labute approximate surface area is 162 Å². The third kappa shape index (κ3) is 3.28. The van der Waals surface area contributed by atoms with Gasteiger partial charge in [-0.25, -0.2) is 0 Å². The maximum Gasteiger partial charge on any atom is 0.458 e. The molecular formula is C22H28BNO3.